The number of nitrogens with zero attached hydrogens (tertiary/aromatic N) is 2. The van der Waals surface area contributed by atoms with E-state index in [4.69, 9.17) is 12.2 Å². The molecule has 5 nitrogen and oxygen atoms in total. The second-order valence-electron chi connectivity index (χ2n) is 7.98. The monoisotopic (exact) mass is 401 g/mol. The summed E-state index contributed by atoms with van der Waals surface area (Å²) in [6.45, 7) is 1.30. The summed E-state index contributed by atoms with van der Waals surface area (Å²) in [5.74, 6) is 0.459. The fourth-order valence-corrected chi connectivity index (χ4v) is 4.54. The molecule has 0 spiro atoms. The molecule has 0 aromatic heterocycles. The first kappa shape index (κ1) is 20.8. The van der Waals surface area contributed by atoms with E-state index in [1.807, 2.05) is 37.4 Å². The van der Waals surface area contributed by atoms with Gasteiger partial charge in [-0.1, -0.05) is 49.6 Å². The molecular formula is C22H31N3O2S. The van der Waals surface area contributed by atoms with Crippen molar-refractivity contribution < 1.29 is 9.59 Å². The van der Waals surface area contributed by atoms with Crippen LogP contribution < -0.4 is 5.32 Å². The lowest BCUT2D eigenvalue weighted by Crippen LogP contribution is -2.60. The van der Waals surface area contributed by atoms with Crippen LogP contribution in [-0.4, -0.2) is 46.4 Å². The van der Waals surface area contributed by atoms with Gasteiger partial charge in [0.05, 0.1) is 5.92 Å². The van der Waals surface area contributed by atoms with Gasteiger partial charge >= 0.3 is 0 Å². The Kier molecular flexibility index (Phi) is 7.43. The molecule has 3 rings (SSSR count). The van der Waals surface area contributed by atoms with E-state index in [1.165, 1.54) is 6.42 Å². The average molecular weight is 402 g/mol. The zero-order chi connectivity index (χ0) is 19.9. The Balaban J connectivity index is 1.35. The quantitative estimate of drug-likeness (QED) is 0.535. The third-order valence-corrected chi connectivity index (χ3v) is 6.20. The maximum absolute atomic E-state index is 12.7. The molecule has 1 aliphatic carbocycles. The smallest absolute Gasteiger partial charge is 0.233 e. The number of hydrogen-bond donors (Lipinski definition) is 1. The molecule has 1 N–H and O–H groups in total. The number of amides is 2. The maximum Gasteiger partial charge on any atom is 0.233 e. The molecule has 2 amide bonds. The lowest BCUT2D eigenvalue weighted by atomic mass is 9.82. The fourth-order valence-electron chi connectivity index (χ4n) is 4.21. The van der Waals surface area contributed by atoms with Crippen LogP contribution in [0.2, 0.25) is 0 Å². The maximum atomic E-state index is 12.7. The lowest BCUT2D eigenvalue weighted by molar-refractivity contribution is -0.135. The first-order valence-electron chi connectivity index (χ1n) is 10.5. The molecule has 1 aromatic carbocycles. The molecule has 28 heavy (non-hydrogen) atoms. The van der Waals surface area contributed by atoms with Crippen molar-refractivity contribution in [2.45, 2.75) is 64.0 Å². The summed E-state index contributed by atoms with van der Waals surface area (Å²) in [5.41, 5.74) is 1.14. The molecule has 2 aliphatic rings. The summed E-state index contributed by atoms with van der Waals surface area (Å²) in [6.07, 6.45) is 7.51. The van der Waals surface area contributed by atoms with Crippen LogP contribution in [0.15, 0.2) is 30.3 Å². The van der Waals surface area contributed by atoms with E-state index in [2.05, 4.69) is 5.32 Å². The van der Waals surface area contributed by atoms with Crippen LogP contribution in [0.5, 0.6) is 0 Å². The molecule has 1 aromatic rings. The van der Waals surface area contributed by atoms with E-state index in [0.717, 1.165) is 44.1 Å². The summed E-state index contributed by atoms with van der Waals surface area (Å²) in [7, 11) is 1.85. The van der Waals surface area contributed by atoms with Crippen LogP contribution >= 0.6 is 12.2 Å². The van der Waals surface area contributed by atoms with Gasteiger partial charge in [-0.2, -0.15) is 0 Å². The first-order chi connectivity index (χ1) is 13.6. The highest BCUT2D eigenvalue weighted by Crippen LogP contribution is 2.29. The van der Waals surface area contributed by atoms with Crippen molar-refractivity contribution in [1.29, 1.82) is 0 Å². The largest absolute Gasteiger partial charge is 0.359 e. The molecule has 1 heterocycles. The van der Waals surface area contributed by atoms with E-state index < -0.39 is 0 Å². The first-order valence-corrected chi connectivity index (χ1v) is 10.9. The number of thiocarbonyl (C=S) groups is 1. The van der Waals surface area contributed by atoms with Gasteiger partial charge in [0.2, 0.25) is 11.8 Å². The normalized spacial score (nSPS) is 21.8. The van der Waals surface area contributed by atoms with Crippen molar-refractivity contribution in [3.63, 3.8) is 0 Å². The number of rotatable bonds is 8. The molecule has 6 heteroatoms. The van der Waals surface area contributed by atoms with Gasteiger partial charge in [-0.25, -0.2) is 0 Å². The van der Waals surface area contributed by atoms with Gasteiger partial charge in [0.15, 0.2) is 5.11 Å². The van der Waals surface area contributed by atoms with E-state index >= 15 is 0 Å². The summed E-state index contributed by atoms with van der Waals surface area (Å²) < 4.78 is 0. The topological polar surface area (TPSA) is 52.7 Å². The van der Waals surface area contributed by atoms with E-state index in [9.17, 15) is 9.59 Å². The number of fused-ring (bicyclic) bond motifs is 1. The Labute approximate surface area is 173 Å². The van der Waals surface area contributed by atoms with Crippen molar-refractivity contribution in [3.05, 3.63) is 35.9 Å². The van der Waals surface area contributed by atoms with Crippen molar-refractivity contribution >= 4 is 29.1 Å². The fraction of sp³-hybridized carbons (Fsp3) is 0.591. The van der Waals surface area contributed by atoms with Crippen LogP contribution in [0.3, 0.4) is 0 Å². The number of carbonyl (C=O) groups excluding carboxylic acids is 2. The minimum atomic E-state index is 0.0914. The molecule has 1 saturated heterocycles. The number of nitrogens with one attached hydrogen (secondary N) is 1. The Morgan fingerprint density at radius 2 is 1.93 bits per heavy atom. The van der Waals surface area contributed by atoms with Crippen LogP contribution in [0.4, 0.5) is 0 Å². The summed E-state index contributed by atoms with van der Waals surface area (Å²) in [5, 5.41) is 3.96. The second-order valence-corrected chi connectivity index (χ2v) is 8.37. The van der Waals surface area contributed by atoms with Crippen molar-refractivity contribution in [2.75, 3.05) is 13.6 Å². The van der Waals surface area contributed by atoms with Crippen LogP contribution in [0.1, 0.15) is 56.9 Å². The highest BCUT2D eigenvalue weighted by atomic mass is 32.1. The molecule has 152 valence electrons. The van der Waals surface area contributed by atoms with Gasteiger partial charge in [0.25, 0.3) is 0 Å². The molecule has 0 bridgehead atoms. The number of carbonyl (C=O) groups is 2. The third-order valence-electron chi connectivity index (χ3n) is 5.86. The average Bonchev–Trinajstić information content (AvgIpc) is 2.70. The summed E-state index contributed by atoms with van der Waals surface area (Å²) in [4.78, 5) is 28.6. The van der Waals surface area contributed by atoms with Gasteiger partial charge in [0, 0.05) is 32.6 Å². The van der Waals surface area contributed by atoms with Crippen LogP contribution in [0.25, 0.3) is 0 Å². The van der Waals surface area contributed by atoms with Gasteiger partial charge < -0.3 is 10.2 Å². The Morgan fingerprint density at radius 3 is 2.71 bits per heavy atom. The predicted molar refractivity (Wildman–Crippen MR) is 115 cm³/mol. The van der Waals surface area contributed by atoms with E-state index in [0.29, 0.717) is 24.6 Å². The molecule has 2 fully saturated rings. The minimum Gasteiger partial charge on any atom is -0.359 e. The molecule has 1 aliphatic heterocycles. The highest BCUT2D eigenvalue weighted by Gasteiger charge is 2.39. The Morgan fingerprint density at radius 1 is 1.18 bits per heavy atom. The van der Waals surface area contributed by atoms with Crippen molar-refractivity contribution in [1.82, 2.24) is 15.1 Å². The minimum absolute atomic E-state index is 0.0914. The summed E-state index contributed by atoms with van der Waals surface area (Å²) >= 11 is 5.42. The molecule has 2 unspecified atom stereocenters. The third kappa shape index (κ3) is 5.31. The standard InChI is InChI=1S/C22H31N3O2S/c1-24(16-17-10-4-2-5-11-17)20(26)14-6-3-9-15-25-21(27)18-12-7-8-13-19(18)23-22(25)28/h2,4-5,10-11,18-19H,3,6-9,12-16H2,1H3,(H,23,28). The molecule has 1 saturated carbocycles. The SMILES string of the molecule is CN(Cc1ccccc1)C(=O)CCCCCN1C(=O)C2CCCCC2NC1=S. The zero-order valence-corrected chi connectivity index (χ0v) is 17.5. The lowest BCUT2D eigenvalue weighted by Gasteiger charge is -2.41. The van der Waals surface area contributed by atoms with Crippen molar-refractivity contribution in [2.24, 2.45) is 5.92 Å². The number of unbranched alkanes of at least 4 members (excludes halogenated alkanes) is 2. The second kappa shape index (κ2) is 10.0. The Hall–Kier alpha value is -1.95. The van der Waals surface area contributed by atoms with Crippen LogP contribution in [0, 0.1) is 5.92 Å². The number of benzene rings is 1. The summed E-state index contributed by atoms with van der Waals surface area (Å²) in [6, 6.07) is 10.3. The van der Waals surface area contributed by atoms with Crippen molar-refractivity contribution in [3.8, 4) is 0 Å². The number of hydrogen-bond acceptors (Lipinski definition) is 3. The molecule has 0 radical (unpaired) electrons. The molecule has 2 atom stereocenters. The predicted octanol–water partition coefficient (Wildman–Crippen LogP) is 3.48. The van der Waals surface area contributed by atoms with E-state index in [1.54, 1.807) is 9.80 Å². The van der Waals surface area contributed by atoms with Gasteiger partial charge in [0.1, 0.15) is 0 Å². The van der Waals surface area contributed by atoms with Gasteiger partial charge in [-0.3, -0.25) is 14.5 Å². The van der Waals surface area contributed by atoms with Crippen LogP contribution in [-0.2, 0) is 16.1 Å². The highest BCUT2D eigenvalue weighted by molar-refractivity contribution is 7.80. The zero-order valence-electron chi connectivity index (χ0n) is 16.7. The molecular weight excluding hydrogens is 370 g/mol. The Bertz CT molecular complexity index is 694. The van der Waals surface area contributed by atoms with Gasteiger partial charge in [-0.15, -0.1) is 0 Å². The van der Waals surface area contributed by atoms with Gasteiger partial charge in [-0.05, 0) is 43.5 Å². The van der Waals surface area contributed by atoms with E-state index in [-0.39, 0.29) is 23.8 Å².